The molecule has 0 bridgehead atoms. The molecule has 1 aromatic heterocycles. The van der Waals surface area contributed by atoms with E-state index in [2.05, 4.69) is 0 Å². The molecular weight excluding hydrogens is 182 g/mol. The summed E-state index contributed by atoms with van der Waals surface area (Å²) in [6.07, 6.45) is 4.41. The van der Waals surface area contributed by atoms with Gasteiger partial charge in [0.15, 0.2) is 0 Å². The molecule has 0 unspecified atom stereocenters. The molecule has 0 spiro atoms. The van der Waals surface area contributed by atoms with Crippen LogP contribution in [0.5, 0.6) is 0 Å². The summed E-state index contributed by atoms with van der Waals surface area (Å²) in [5, 5.41) is 9.13. The predicted octanol–water partition coefficient (Wildman–Crippen LogP) is 1.15. The molecule has 0 aromatic carbocycles. The number of carboxylic acids is 1. The molecule has 4 heteroatoms. The maximum Gasteiger partial charge on any atom is 0.327 e. The van der Waals surface area contributed by atoms with Crippen LogP contribution in [0.4, 0.5) is 0 Å². The van der Waals surface area contributed by atoms with Crippen molar-refractivity contribution in [3.05, 3.63) is 24.5 Å². The van der Waals surface area contributed by atoms with Gasteiger partial charge >= 0.3 is 5.97 Å². The van der Waals surface area contributed by atoms with Crippen LogP contribution in [0.15, 0.2) is 24.5 Å². The molecule has 76 valence electrons. The van der Waals surface area contributed by atoms with Crippen LogP contribution >= 0.6 is 0 Å². The van der Waals surface area contributed by atoms with E-state index in [1.54, 1.807) is 17.0 Å². The van der Waals surface area contributed by atoms with Crippen LogP contribution in [0.2, 0.25) is 0 Å². The highest BCUT2D eigenvalue weighted by Gasteiger charge is 2.31. The Hall–Kier alpha value is -1.29. The van der Waals surface area contributed by atoms with E-state index in [9.17, 15) is 4.79 Å². The third-order valence-electron chi connectivity index (χ3n) is 2.61. The van der Waals surface area contributed by atoms with E-state index in [-0.39, 0.29) is 5.92 Å². The minimum absolute atomic E-state index is 0.0971. The van der Waals surface area contributed by atoms with Gasteiger partial charge in [-0.25, -0.2) is 4.79 Å². The van der Waals surface area contributed by atoms with Gasteiger partial charge in [0.1, 0.15) is 6.04 Å². The topological polar surface area (TPSA) is 51.5 Å². The Morgan fingerprint density at radius 2 is 2.21 bits per heavy atom. The summed E-state index contributed by atoms with van der Waals surface area (Å²) in [5.41, 5.74) is 0. The van der Waals surface area contributed by atoms with E-state index < -0.39 is 12.0 Å². The highest BCUT2D eigenvalue weighted by molar-refractivity contribution is 5.72. The fourth-order valence-electron chi connectivity index (χ4n) is 1.91. The Morgan fingerprint density at radius 1 is 1.50 bits per heavy atom. The summed E-state index contributed by atoms with van der Waals surface area (Å²) in [4.78, 5) is 11.1. The number of aromatic nitrogens is 1. The number of ether oxygens (including phenoxy) is 1. The second-order valence-electron chi connectivity index (χ2n) is 3.54. The van der Waals surface area contributed by atoms with Gasteiger partial charge in [-0.2, -0.15) is 0 Å². The Balaban J connectivity index is 2.19. The molecule has 4 nitrogen and oxygen atoms in total. The lowest BCUT2D eigenvalue weighted by atomic mass is 9.99. The number of aliphatic carboxylic acids is 1. The van der Waals surface area contributed by atoms with Crippen molar-refractivity contribution in [2.45, 2.75) is 12.5 Å². The van der Waals surface area contributed by atoms with E-state index in [0.717, 1.165) is 6.42 Å². The van der Waals surface area contributed by atoms with E-state index >= 15 is 0 Å². The van der Waals surface area contributed by atoms with Crippen LogP contribution < -0.4 is 0 Å². The monoisotopic (exact) mass is 195 g/mol. The number of hydrogen-bond donors (Lipinski definition) is 1. The standard InChI is InChI=1S/C10H13NO3/c12-10(13)9(8-3-6-14-7-8)11-4-1-2-5-11/h1-2,4-5,8-9H,3,6-7H2,(H,12,13)/t8-,9+/m1/s1. The molecular formula is C10H13NO3. The zero-order valence-corrected chi connectivity index (χ0v) is 7.80. The first-order chi connectivity index (χ1) is 6.79. The van der Waals surface area contributed by atoms with Crippen molar-refractivity contribution in [3.63, 3.8) is 0 Å². The first-order valence-electron chi connectivity index (χ1n) is 4.72. The molecule has 1 fully saturated rings. The summed E-state index contributed by atoms with van der Waals surface area (Å²) in [6, 6.07) is 3.20. The SMILES string of the molecule is O=C(O)[C@H]([C@@H]1CCOC1)n1cccc1. The second-order valence-corrected chi connectivity index (χ2v) is 3.54. The molecule has 14 heavy (non-hydrogen) atoms. The maximum absolute atomic E-state index is 11.1. The molecule has 1 aromatic rings. The van der Waals surface area contributed by atoms with Gasteiger partial charge in [-0.05, 0) is 18.6 Å². The van der Waals surface area contributed by atoms with E-state index in [0.29, 0.717) is 13.2 Å². The van der Waals surface area contributed by atoms with Gasteiger partial charge in [-0.3, -0.25) is 0 Å². The summed E-state index contributed by atoms with van der Waals surface area (Å²) < 4.78 is 6.95. The highest BCUT2D eigenvalue weighted by atomic mass is 16.5. The zero-order chi connectivity index (χ0) is 9.97. The van der Waals surface area contributed by atoms with Crippen LogP contribution in [0.25, 0.3) is 0 Å². The average molecular weight is 195 g/mol. The highest BCUT2D eigenvalue weighted by Crippen LogP contribution is 2.26. The van der Waals surface area contributed by atoms with Crippen molar-refractivity contribution >= 4 is 5.97 Å². The molecule has 2 rings (SSSR count). The number of nitrogens with zero attached hydrogens (tertiary/aromatic N) is 1. The molecule has 1 aliphatic rings. The Bertz CT molecular complexity index is 301. The van der Waals surface area contributed by atoms with Gasteiger partial charge in [-0.1, -0.05) is 0 Å². The number of hydrogen-bond acceptors (Lipinski definition) is 2. The predicted molar refractivity (Wildman–Crippen MR) is 50.0 cm³/mol. The fraction of sp³-hybridized carbons (Fsp3) is 0.500. The lowest BCUT2D eigenvalue weighted by Crippen LogP contribution is -2.26. The quantitative estimate of drug-likeness (QED) is 0.787. The van der Waals surface area contributed by atoms with Crippen molar-refractivity contribution in [1.82, 2.24) is 4.57 Å². The maximum atomic E-state index is 11.1. The summed E-state index contributed by atoms with van der Waals surface area (Å²) in [6.45, 7) is 1.23. The molecule has 0 aliphatic carbocycles. The first-order valence-corrected chi connectivity index (χ1v) is 4.72. The number of carboxylic acid groups (broad SMARTS) is 1. The van der Waals surface area contributed by atoms with Gasteiger partial charge in [-0.15, -0.1) is 0 Å². The van der Waals surface area contributed by atoms with Gasteiger partial charge in [0.2, 0.25) is 0 Å². The summed E-state index contributed by atoms with van der Waals surface area (Å²) in [5.74, 6) is -0.684. The van der Waals surface area contributed by atoms with Crippen LogP contribution in [-0.2, 0) is 9.53 Å². The van der Waals surface area contributed by atoms with E-state index in [1.165, 1.54) is 0 Å². The molecule has 0 amide bonds. The van der Waals surface area contributed by atoms with Crippen molar-refractivity contribution in [3.8, 4) is 0 Å². The van der Waals surface area contributed by atoms with Crippen molar-refractivity contribution in [2.24, 2.45) is 5.92 Å². The third kappa shape index (κ3) is 1.65. The normalized spacial score (nSPS) is 23.6. The third-order valence-corrected chi connectivity index (χ3v) is 2.61. The molecule has 0 saturated carbocycles. The van der Waals surface area contributed by atoms with Gasteiger partial charge < -0.3 is 14.4 Å². The minimum atomic E-state index is -0.781. The Kier molecular flexibility index (Phi) is 2.54. The van der Waals surface area contributed by atoms with Crippen molar-refractivity contribution in [1.29, 1.82) is 0 Å². The molecule has 0 radical (unpaired) electrons. The molecule has 2 heterocycles. The number of rotatable bonds is 3. The second kappa shape index (κ2) is 3.84. The van der Waals surface area contributed by atoms with Crippen molar-refractivity contribution < 1.29 is 14.6 Å². The van der Waals surface area contributed by atoms with Crippen molar-refractivity contribution in [2.75, 3.05) is 13.2 Å². The van der Waals surface area contributed by atoms with E-state index in [1.807, 2.05) is 12.1 Å². The Morgan fingerprint density at radius 3 is 2.71 bits per heavy atom. The summed E-state index contributed by atoms with van der Waals surface area (Å²) in [7, 11) is 0. The fourth-order valence-corrected chi connectivity index (χ4v) is 1.91. The largest absolute Gasteiger partial charge is 0.480 e. The summed E-state index contributed by atoms with van der Waals surface area (Å²) >= 11 is 0. The van der Waals surface area contributed by atoms with Gasteiger partial charge in [0, 0.05) is 24.9 Å². The Labute approximate surface area is 82.1 Å². The van der Waals surface area contributed by atoms with Crippen LogP contribution in [0.1, 0.15) is 12.5 Å². The van der Waals surface area contributed by atoms with Gasteiger partial charge in [0.25, 0.3) is 0 Å². The smallest absolute Gasteiger partial charge is 0.327 e. The van der Waals surface area contributed by atoms with Gasteiger partial charge in [0.05, 0.1) is 6.61 Å². The molecule has 1 aliphatic heterocycles. The van der Waals surface area contributed by atoms with Crippen LogP contribution in [0.3, 0.4) is 0 Å². The minimum Gasteiger partial charge on any atom is -0.480 e. The van der Waals surface area contributed by atoms with Crippen LogP contribution in [-0.4, -0.2) is 28.9 Å². The zero-order valence-electron chi connectivity index (χ0n) is 7.80. The first kappa shape index (κ1) is 9.27. The molecule has 1 saturated heterocycles. The lowest BCUT2D eigenvalue weighted by molar-refractivity contribution is -0.142. The average Bonchev–Trinajstić information content (AvgIpc) is 2.75. The molecule has 1 N–H and O–H groups in total. The van der Waals surface area contributed by atoms with Crippen LogP contribution in [0, 0.1) is 5.92 Å². The lowest BCUT2D eigenvalue weighted by Gasteiger charge is -2.19. The molecule has 2 atom stereocenters. The number of carbonyl (C=O) groups is 1. The van der Waals surface area contributed by atoms with E-state index in [4.69, 9.17) is 9.84 Å².